The van der Waals surface area contributed by atoms with E-state index in [0.717, 1.165) is 37.6 Å². The van der Waals surface area contributed by atoms with E-state index in [1.165, 1.54) is 18.2 Å². The van der Waals surface area contributed by atoms with E-state index in [0.29, 0.717) is 5.82 Å². The van der Waals surface area contributed by atoms with Crippen molar-refractivity contribution in [2.45, 2.75) is 38.0 Å². The van der Waals surface area contributed by atoms with Gasteiger partial charge in [-0.2, -0.15) is 13.2 Å². The zero-order chi connectivity index (χ0) is 18.7. The molecule has 2 aromatic rings. The van der Waals surface area contributed by atoms with Crippen LogP contribution in [0.2, 0.25) is 0 Å². The second-order valence-corrected chi connectivity index (χ2v) is 6.48. The van der Waals surface area contributed by atoms with Crippen molar-refractivity contribution in [3.05, 3.63) is 53.5 Å². The summed E-state index contributed by atoms with van der Waals surface area (Å²) in [5.74, 6) is 0.101. The minimum absolute atomic E-state index is 0.137. The predicted octanol–water partition coefficient (Wildman–Crippen LogP) is 4.27. The van der Waals surface area contributed by atoms with E-state index >= 15 is 0 Å². The number of nitrogens with zero attached hydrogens (tertiary/aromatic N) is 3. The topological polar surface area (TPSA) is 41.0 Å². The van der Waals surface area contributed by atoms with E-state index in [1.807, 2.05) is 0 Å². The van der Waals surface area contributed by atoms with Gasteiger partial charge in [-0.05, 0) is 49.6 Å². The van der Waals surface area contributed by atoms with Crippen LogP contribution in [0.3, 0.4) is 0 Å². The molecule has 140 valence electrons. The molecule has 0 spiro atoms. The third-order valence-electron chi connectivity index (χ3n) is 4.74. The average Bonchev–Trinajstić information content (AvgIpc) is 2.62. The van der Waals surface area contributed by atoms with Gasteiger partial charge in [0.1, 0.15) is 11.6 Å². The molecule has 0 radical (unpaired) electrons. The molecule has 1 unspecified atom stereocenters. The maximum atomic E-state index is 13.0. The minimum atomic E-state index is -4.48. The first-order valence-electron chi connectivity index (χ1n) is 8.50. The molecule has 1 aromatic carbocycles. The largest absolute Gasteiger partial charge is 0.435 e. The molecule has 1 saturated heterocycles. The molecule has 1 aromatic heterocycles. The lowest BCUT2D eigenvalue weighted by Gasteiger charge is -2.36. The van der Waals surface area contributed by atoms with Gasteiger partial charge in [0.25, 0.3) is 0 Å². The molecule has 0 saturated carbocycles. The van der Waals surface area contributed by atoms with Crippen molar-refractivity contribution in [1.29, 1.82) is 0 Å². The summed E-state index contributed by atoms with van der Waals surface area (Å²) < 4.78 is 50.6. The summed E-state index contributed by atoms with van der Waals surface area (Å²) in [6.07, 6.45) is -2.80. The SMILES string of the molecule is CC(c1ccc(F)cc1)N1CCC(Nc2ccc(C(F)(F)F)nn2)CC1. The van der Waals surface area contributed by atoms with Gasteiger partial charge >= 0.3 is 6.18 Å². The summed E-state index contributed by atoms with van der Waals surface area (Å²) in [6.45, 7) is 3.76. The van der Waals surface area contributed by atoms with Gasteiger partial charge < -0.3 is 5.32 Å². The molecule has 0 bridgehead atoms. The monoisotopic (exact) mass is 368 g/mol. The predicted molar refractivity (Wildman–Crippen MR) is 90.1 cm³/mol. The van der Waals surface area contributed by atoms with Crippen molar-refractivity contribution in [1.82, 2.24) is 15.1 Å². The molecule has 1 aliphatic heterocycles. The van der Waals surface area contributed by atoms with Crippen molar-refractivity contribution >= 4 is 5.82 Å². The first kappa shape index (κ1) is 18.6. The maximum absolute atomic E-state index is 13.0. The zero-order valence-corrected chi connectivity index (χ0v) is 14.3. The molecular weight excluding hydrogens is 348 g/mol. The molecule has 1 aliphatic rings. The summed E-state index contributed by atoms with van der Waals surface area (Å²) in [6, 6.07) is 9.07. The average molecular weight is 368 g/mol. The number of hydrogen-bond acceptors (Lipinski definition) is 4. The van der Waals surface area contributed by atoms with E-state index in [9.17, 15) is 17.6 Å². The Bertz CT molecular complexity index is 707. The van der Waals surface area contributed by atoms with E-state index in [2.05, 4.69) is 27.3 Å². The van der Waals surface area contributed by atoms with Crippen molar-refractivity contribution < 1.29 is 17.6 Å². The minimum Gasteiger partial charge on any atom is -0.366 e. The quantitative estimate of drug-likeness (QED) is 0.819. The van der Waals surface area contributed by atoms with Gasteiger partial charge in [-0.25, -0.2) is 4.39 Å². The van der Waals surface area contributed by atoms with Crippen LogP contribution in [0.5, 0.6) is 0 Å². The third-order valence-corrected chi connectivity index (χ3v) is 4.74. The van der Waals surface area contributed by atoms with Crippen LogP contribution < -0.4 is 5.32 Å². The first-order chi connectivity index (χ1) is 12.3. The second kappa shape index (κ2) is 7.57. The van der Waals surface area contributed by atoms with Gasteiger partial charge in [0.15, 0.2) is 5.69 Å². The Balaban J connectivity index is 1.53. The third kappa shape index (κ3) is 4.49. The Hall–Kier alpha value is -2.22. The number of anilines is 1. The second-order valence-electron chi connectivity index (χ2n) is 6.48. The lowest BCUT2D eigenvalue weighted by Crippen LogP contribution is -2.40. The van der Waals surface area contributed by atoms with Crippen LogP contribution in [0, 0.1) is 5.82 Å². The fourth-order valence-corrected chi connectivity index (χ4v) is 3.15. The van der Waals surface area contributed by atoms with Gasteiger partial charge in [-0.3, -0.25) is 4.90 Å². The van der Waals surface area contributed by atoms with Gasteiger partial charge in [-0.1, -0.05) is 12.1 Å². The maximum Gasteiger partial charge on any atom is 0.435 e. The van der Waals surface area contributed by atoms with Crippen LogP contribution in [0.15, 0.2) is 36.4 Å². The summed E-state index contributed by atoms with van der Waals surface area (Å²) >= 11 is 0. The van der Waals surface area contributed by atoms with Gasteiger partial charge in [-0.15, -0.1) is 10.2 Å². The number of hydrogen-bond donors (Lipinski definition) is 1. The summed E-state index contributed by atoms with van der Waals surface area (Å²) in [5.41, 5.74) is 0.0670. The number of benzene rings is 1. The molecule has 0 amide bonds. The normalized spacial score (nSPS) is 17.9. The fraction of sp³-hybridized carbons (Fsp3) is 0.444. The van der Waals surface area contributed by atoms with Crippen molar-refractivity contribution in [3.63, 3.8) is 0 Å². The van der Waals surface area contributed by atoms with Crippen LogP contribution in [-0.2, 0) is 6.18 Å². The Kier molecular flexibility index (Phi) is 5.41. The number of alkyl halides is 3. The Morgan fingerprint density at radius 2 is 1.69 bits per heavy atom. The summed E-state index contributed by atoms with van der Waals surface area (Å²) in [4.78, 5) is 2.31. The summed E-state index contributed by atoms with van der Waals surface area (Å²) in [5, 5.41) is 9.99. The number of aromatic nitrogens is 2. The Morgan fingerprint density at radius 1 is 1.04 bits per heavy atom. The van der Waals surface area contributed by atoms with Crippen molar-refractivity contribution in [2.75, 3.05) is 18.4 Å². The molecule has 1 N–H and O–H groups in total. The highest BCUT2D eigenvalue weighted by Crippen LogP contribution is 2.28. The highest BCUT2D eigenvalue weighted by Gasteiger charge is 2.33. The van der Waals surface area contributed by atoms with E-state index in [1.54, 1.807) is 12.1 Å². The van der Waals surface area contributed by atoms with Crippen LogP contribution >= 0.6 is 0 Å². The van der Waals surface area contributed by atoms with E-state index < -0.39 is 11.9 Å². The molecular formula is C18H20F4N4. The van der Waals surface area contributed by atoms with Crippen LogP contribution in [0.1, 0.15) is 37.1 Å². The highest BCUT2D eigenvalue weighted by molar-refractivity contribution is 5.34. The lowest BCUT2D eigenvalue weighted by atomic mass is 10.00. The molecule has 1 fully saturated rings. The van der Waals surface area contributed by atoms with E-state index in [-0.39, 0.29) is 17.9 Å². The molecule has 8 heteroatoms. The van der Waals surface area contributed by atoms with Crippen LogP contribution in [0.25, 0.3) is 0 Å². The van der Waals surface area contributed by atoms with Crippen LogP contribution in [-0.4, -0.2) is 34.2 Å². The summed E-state index contributed by atoms with van der Waals surface area (Å²) in [7, 11) is 0. The lowest BCUT2D eigenvalue weighted by molar-refractivity contribution is -0.141. The Labute approximate surface area is 149 Å². The standard InChI is InChI=1S/C18H20F4N4/c1-12(13-2-4-14(19)5-3-13)26-10-8-15(9-11-26)23-17-7-6-16(24-25-17)18(20,21)22/h2-7,12,15H,8-11H2,1H3,(H,23,25). The first-order valence-corrected chi connectivity index (χ1v) is 8.50. The van der Waals surface area contributed by atoms with Gasteiger partial charge in [0.2, 0.25) is 0 Å². The number of halogens is 4. The molecule has 3 rings (SSSR count). The zero-order valence-electron chi connectivity index (χ0n) is 14.3. The van der Waals surface area contributed by atoms with Gasteiger partial charge in [0.05, 0.1) is 0 Å². The van der Waals surface area contributed by atoms with Gasteiger partial charge in [0, 0.05) is 25.2 Å². The number of piperidine rings is 1. The molecule has 4 nitrogen and oxygen atoms in total. The molecule has 1 atom stereocenters. The number of nitrogens with one attached hydrogen (secondary N) is 1. The van der Waals surface area contributed by atoms with Crippen molar-refractivity contribution in [3.8, 4) is 0 Å². The number of rotatable bonds is 4. The van der Waals surface area contributed by atoms with Crippen LogP contribution in [0.4, 0.5) is 23.4 Å². The molecule has 26 heavy (non-hydrogen) atoms. The Morgan fingerprint density at radius 3 is 2.23 bits per heavy atom. The molecule has 2 heterocycles. The smallest absolute Gasteiger partial charge is 0.366 e. The fourth-order valence-electron chi connectivity index (χ4n) is 3.15. The number of likely N-dealkylation sites (tertiary alicyclic amines) is 1. The molecule has 0 aliphatic carbocycles. The van der Waals surface area contributed by atoms with E-state index in [4.69, 9.17) is 0 Å². The highest BCUT2D eigenvalue weighted by atomic mass is 19.4. The van der Waals surface area contributed by atoms with Crippen molar-refractivity contribution in [2.24, 2.45) is 0 Å².